The second-order valence-electron chi connectivity index (χ2n) is 8.70. The summed E-state index contributed by atoms with van der Waals surface area (Å²) in [5.41, 5.74) is 5.01. The van der Waals surface area contributed by atoms with Crippen LogP contribution in [0.4, 0.5) is 17.5 Å². The number of methoxy groups -OCH3 is 1. The highest BCUT2D eigenvalue weighted by molar-refractivity contribution is 5.87. The van der Waals surface area contributed by atoms with Crippen LogP contribution in [0.15, 0.2) is 49.1 Å². The fourth-order valence-electron chi connectivity index (χ4n) is 4.45. The average Bonchev–Trinajstić information content (AvgIpc) is 3.22. The third-order valence-corrected chi connectivity index (χ3v) is 6.43. The van der Waals surface area contributed by atoms with Gasteiger partial charge < -0.3 is 19.5 Å². The normalized spacial score (nSPS) is 14.6. The molecule has 0 aliphatic carbocycles. The first-order valence-corrected chi connectivity index (χ1v) is 11.4. The molecule has 1 fully saturated rings. The predicted octanol–water partition coefficient (Wildman–Crippen LogP) is 4.28. The molecule has 0 atom stereocenters. The van der Waals surface area contributed by atoms with Crippen LogP contribution in [0, 0.1) is 12.8 Å². The third-order valence-electron chi connectivity index (χ3n) is 6.43. The Balaban J connectivity index is 1.39. The lowest BCUT2D eigenvalue weighted by Gasteiger charge is -2.32. The van der Waals surface area contributed by atoms with E-state index in [0.29, 0.717) is 11.6 Å². The molecule has 4 aromatic rings. The van der Waals surface area contributed by atoms with E-state index in [1.165, 1.54) is 5.56 Å². The molecule has 0 unspecified atom stereocenters. The fraction of sp³-hybridized carbons (Fsp3) is 0.360. The predicted molar refractivity (Wildman–Crippen MR) is 130 cm³/mol. The molecule has 1 aliphatic heterocycles. The van der Waals surface area contributed by atoms with Crippen molar-refractivity contribution in [1.29, 1.82) is 0 Å². The first-order chi connectivity index (χ1) is 16.1. The number of pyridine rings is 1. The zero-order chi connectivity index (χ0) is 22.8. The summed E-state index contributed by atoms with van der Waals surface area (Å²) in [6, 6.07) is 10.2. The zero-order valence-electron chi connectivity index (χ0n) is 19.3. The molecule has 0 bridgehead atoms. The van der Waals surface area contributed by atoms with Crippen molar-refractivity contribution in [1.82, 2.24) is 24.5 Å². The van der Waals surface area contributed by atoms with Gasteiger partial charge in [0.05, 0.1) is 13.4 Å². The minimum absolute atomic E-state index is 0.666. The Kier molecular flexibility index (Phi) is 5.81. The van der Waals surface area contributed by atoms with Gasteiger partial charge in [0.1, 0.15) is 11.3 Å². The highest BCUT2D eigenvalue weighted by atomic mass is 16.5. The summed E-state index contributed by atoms with van der Waals surface area (Å²) in [6.07, 6.45) is 8.86. The minimum atomic E-state index is 0.666. The van der Waals surface area contributed by atoms with E-state index < -0.39 is 0 Å². The van der Waals surface area contributed by atoms with Crippen LogP contribution < -0.4 is 15.0 Å². The summed E-state index contributed by atoms with van der Waals surface area (Å²) in [6.45, 7) is 3.94. The van der Waals surface area contributed by atoms with Gasteiger partial charge in [0.15, 0.2) is 11.5 Å². The number of ether oxygens (including phenoxy) is 1. The van der Waals surface area contributed by atoms with Crippen molar-refractivity contribution in [2.75, 3.05) is 30.4 Å². The first-order valence-electron chi connectivity index (χ1n) is 11.4. The highest BCUT2D eigenvalue weighted by Crippen LogP contribution is 2.31. The van der Waals surface area contributed by atoms with Crippen molar-refractivity contribution in [3.8, 4) is 5.75 Å². The Labute approximate surface area is 193 Å². The number of aryl methyl sites for hydroxylation is 2. The first kappa shape index (κ1) is 21.2. The quantitative estimate of drug-likeness (QED) is 0.476. The maximum Gasteiger partial charge on any atom is 0.229 e. The van der Waals surface area contributed by atoms with Gasteiger partial charge >= 0.3 is 0 Å². The number of rotatable bonds is 6. The summed E-state index contributed by atoms with van der Waals surface area (Å²) >= 11 is 0. The summed E-state index contributed by atoms with van der Waals surface area (Å²) in [4.78, 5) is 20.7. The van der Waals surface area contributed by atoms with Crippen LogP contribution in [0.1, 0.15) is 24.0 Å². The van der Waals surface area contributed by atoms with Gasteiger partial charge in [-0.2, -0.15) is 9.97 Å². The topological polar surface area (TPSA) is 81.0 Å². The lowest BCUT2D eigenvalue weighted by Crippen LogP contribution is -2.35. The molecule has 1 aromatic carbocycles. The molecule has 8 nitrogen and oxygen atoms in total. The molecule has 0 saturated carbocycles. The maximum atomic E-state index is 5.41. The number of hydrogen-bond acceptors (Lipinski definition) is 7. The van der Waals surface area contributed by atoms with Crippen LogP contribution in [0.2, 0.25) is 0 Å². The lowest BCUT2D eigenvalue weighted by molar-refractivity contribution is 0.401. The Bertz CT molecular complexity index is 1250. The summed E-state index contributed by atoms with van der Waals surface area (Å²) in [5.74, 6) is 2.95. The average molecular weight is 444 g/mol. The molecule has 1 aliphatic rings. The maximum absolute atomic E-state index is 5.41. The van der Waals surface area contributed by atoms with E-state index in [0.717, 1.165) is 66.6 Å². The van der Waals surface area contributed by atoms with Gasteiger partial charge in [0, 0.05) is 44.3 Å². The van der Waals surface area contributed by atoms with Gasteiger partial charge in [-0.3, -0.25) is 4.98 Å². The molecular formula is C25H29N7O. The van der Waals surface area contributed by atoms with Gasteiger partial charge in [-0.25, -0.2) is 4.98 Å². The number of fused-ring (bicyclic) bond motifs is 1. The highest BCUT2D eigenvalue weighted by Gasteiger charge is 2.23. The molecule has 0 amide bonds. The molecule has 8 heteroatoms. The number of aromatic nitrogens is 5. The smallest absolute Gasteiger partial charge is 0.229 e. The van der Waals surface area contributed by atoms with Crippen molar-refractivity contribution in [3.63, 3.8) is 0 Å². The van der Waals surface area contributed by atoms with Crippen LogP contribution in [0.5, 0.6) is 5.75 Å². The second kappa shape index (κ2) is 9.05. The number of piperidine rings is 1. The molecule has 1 N–H and O–H groups in total. The van der Waals surface area contributed by atoms with E-state index in [1.54, 1.807) is 13.4 Å². The van der Waals surface area contributed by atoms with E-state index >= 15 is 0 Å². The summed E-state index contributed by atoms with van der Waals surface area (Å²) < 4.78 is 7.37. The van der Waals surface area contributed by atoms with Crippen molar-refractivity contribution in [2.24, 2.45) is 13.0 Å². The van der Waals surface area contributed by atoms with Crippen LogP contribution >= 0.6 is 0 Å². The van der Waals surface area contributed by atoms with E-state index in [1.807, 2.05) is 42.2 Å². The number of benzene rings is 1. The Morgan fingerprint density at radius 1 is 1.09 bits per heavy atom. The molecule has 0 radical (unpaired) electrons. The molecule has 5 rings (SSSR count). The third kappa shape index (κ3) is 4.46. The Hall–Kier alpha value is -3.68. The van der Waals surface area contributed by atoms with Gasteiger partial charge in [0.2, 0.25) is 5.95 Å². The summed E-state index contributed by atoms with van der Waals surface area (Å²) in [5, 5.41) is 3.51. The Morgan fingerprint density at radius 3 is 2.64 bits per heavy atom. The van der Waals surface area contributed by atoms with Crippen LogP contribution in [0.3, 0.4) is 0 Å². The van der Waals surface area contributed by atoms with Crippen LogP contribution in [0.25, 0.3) is 11.2 Å². The van der Waals surface area contributed by atoms with Crippen molar-refractivity contribution < 1.29 is 4.74 Å². The van der Waals surface area contributed by atoms with E-state index in [9.17, 15) is 0 Å². The number of nitrogens with zero attached hydrogens (tertiary/aromatic N) is 6. The van der Waals surface area contributed by atoms with Gasteiger partial charge in [0.25, 0.3) is 0 Å². The molecule has 1 saturated heterocycles. The Morgan fingerprint density at radius 2 is 1.88 bits per heavy atom. The SMILES string of the molecule is COc1ccc(C)c(Nc2nc(N3CCC(Cc4ccncc4)CC3)nc3ncn(C)c23)c1. The fourth-order valence-corrected chi connectivity index (χ4v) is 4.45. The number of imidazole rings is 1. The zero-order valence-corrected chi connectivity index (χ0v) is 19.3. The molecule has 170 valence electrons. The monoisotopic (exact) mass is 443 g/mol. The number of nitrogens with one attached hydrogen (secondary N) is 1. The standard InChI is InChI=1S/C25H29N7O/c1-17-4-5-20(33-3)15-21(17)28-24-22-23(27-16-31(22)2)29-25(30-24)32-12-8-19(9-13-32)14-18-6-10-26-11-7-18/h4-7,10-11,15-16,19H,8-9,12-14H2,1-3H3,(H,28,29,30). The molecule has 3 aromatic heterocycles. The van der Waals surface area contributed by atoms with Crippen molar-refractivity contribution in [2.45, 2.75) is 26.2 Å². The van der Waals surface area contributed by atoms with Gasteiger partial charge in [-0.05, 0) is 61.4 Å². The molecule has 4 heterocycles. The lowest BCUT2D eigenvalue weighted by atomic mass is 9.90. The van der Waals surface area contributed by atoms with Crippen molar-refractivity contribution in [3.05, 3.63) is 60.2 Å². The number of anilines is 3. The number of hydrogen-bond donors (Lipinski definition) is 1. The summed E-state index contributed by atoms with van der Waals surface area (Å²) in [7, 11) is 3.64. The second-order valence-corrected chi connectivity index (χ2v) is 8.70. The largest absolute Gasteiger partial charge is 0.497 e. The van der Waals surface area contributed by atoms with Crippen LogP contribution in [-0.4, -0.2) is 44.7 Å². The van der Waals surface area contributed by atoms with Gasteiger partial charge in [-0.15, -0.1) is 0 Å². The molecular weight excluding hydrogens is 414 g/mol. The van der Waals surface area contributed by atoms with E-state index in [4.69, 9.17) is 14.7 Å². The van der Waals surface area contributed by atoms with E-state index in [-0.39, 0.29) is 0 Å². The van der Waals surface area contributed by atoms with Crippen LogP contribution in [-0.2, 0) is 13.5 Å². The minimum Gasteiger partial charge on any atom is -0.497 e. The van der Waals surface area contributed by atoms with E-state index in [2.05, 4.69) is 39.2 Å². The molecule has 33 heavy (non-hydrogen) atoms. The molecule has 0 spiro atoms. The van der Waals surface area contributed by atoms with Crippen molar-refractivity contribution >= 4 is 28.6 Å². The van der Waals surface area contributed by atoms with Gasteiger partial charge in [-0.1, -0.05) is 6.07 Å².